The zero-order chi connectivity index (χ0) is 16.7. The highest BCUT2D eigenvalue weighted by atomic mass is 35.5. The molecule has 0 aliphatic carbocycles. The van der Waals surface area contributed by atoms with Crippen LogP contribution in [0.1, 0.15) is 47.5 Å². The van der Waals surface area contributed by atoms with E-state index in [0.717, 1.165) is 25.7 Å². The van der Waals surface area contributed by atoms with Gasteiger partial charge in [-0.1, -0.05) is 35.9 Å². The molecule has 4 rings (SSSR count). The van der Waals surface area contributed by atoms with Gasteiger partial charge in [0.05, 0.1) is 10.6 Å². The lowest BCUT2D eigenvalue weighted by molar-refractivity contribution is 0.0571. The van der Waals surface area contributed by atoms with Gasteiger partial charge in [-0.3, -0.25) is 4.79 Å². The normalized spacial score (nSPS) is 25.8. The molecule has 2 bridgehead atoms. The Hall–Kier alpha value is -1.87. The van der Waals surface area contributed by atoms with Crippen LogP contribution in [-0.2, 0) is 0 Å². The van der Waals surface area contributed by atoms with E-state index in [1.54, 1.807) is 12.1 Å². The van der Waals surface area contributed by atoms with Gasteiger partial charge in [-0.05, 0) is 61.4 Å². The summed E-state index contributed by atoms with van der Waals surface area (Å²) in [5, 5.41) is 0.516. The van der Waals surface area contributed by atoms with Gasteiger partial charge < -0.3 is 4.90 Å². The molecule has 3 atom stereocenters. The monoisotopic (exact) mass is 343 g/mol. The number of benzene rings is 2. The summed E-state index contributed by atoms with van der Waals surface area (Å²) in [7, 11) is 0. The first-order valence-corrected chi connectivity index (χ1v) is 8.84. The minimum Gasteiger partial charge on any atom is -0.333 e. The van der Waals surface area contributed by atoms with Gasteiger partial charge in [-0.25, -0.2) is 4.39 Å². The van der Waals surface area contributed by atoms with Gasteiger partial charge in [-0.2, -0.15) is 0 Å². The molecular formula is C20H19ClFNO. The van der Waals surface area contributed by atoms with Crippen LogP contribution in [0.5, 0.6) is 0 Å². The zero-order valence-electron chi connectivity index (χ0n) is 13.3. The van der Waals surface area contributed by atoms with Gasteiger partial charge in [0.2, 0.25) is 0 Å². The highest BCUT2D eigenvalue weighted by Crippen LogP contribution is 2.44. The zero-order valence-corrected chi connectivity index (χ0v) is 14.0. The number of carbonyl (C=O) groups is 1. The lowest BCUT2D eigenvalue weighted by Gasteiger charge is -2.39. The SMILES string of the molecule is O=C(c1ccccc1Cl)N1[C@@H]2CC[C@H]1C[C@@H](c1ccc(F)cc1)C2. The molecule has 124 valence electrons. The van der Waals surface area contributed by atoms with Crippen LogP contribution >= 0.6 is 11.6 Å². The first-order valence-electron chi connectivity index (χ1n) is 8.46. The molecule has 2 aromatic carbocycles. The summed E-state index contributed by atoms with van der Waals surface area (Å²) >= 11 is 6.21. The molecule has 0 saturated carbocycles. The molecule has 0 radical (unpaired) electrons. The van der Waals surface area contributed by atoms with Crippen LogP contribution in [0.2, 0.25) is 5.02 Å². The van der Waals surface area contributed by atoms with Gasteiger partial charge in [0.25, 0.3) is 5.91 Å². The number of carbonyl (C=O) groups excluding carboxylic acids is 1. The third-order valence-corrected chi connectivity index (χ3v) is 5.74. The van der Waals surface area contributed by atoms with Crippen LogP contribution in [0.4, 0.5) is 4.39 Å². The largest absolute Gasteiger partial charge is 0.333 e. The average molecular weight is 344 g/mol. The fourth-order valence-corrected chi connectivity index (χ4v) is 4.51. The van der Waals surface area contributed by atoms with Crippen molar-refractivity contribution in [3.8, 4) is 0 Å². The summed E-state index contributed by atoms with van der Waals surface area (Å²) in [5.74, 6) is 0.247. The molecule has 0 aromatic heterocycles. The first kappa shape index (κ1) is 15.6. The van der Waals surface area contributed by atoms with Gasteiger partial charge in [0.1, 0.15) is 5.82 Å². The highest BCUT2D eigenvalue weighted by molar-refractivity contribution is 6.33. The summed E-state index contributed by atoms with van der Waals surface area (Å²) in [6.07, 6.45) is 3.97. The minimum atomic E-state index is -0.201. The number of amides is 1. The van der Waals surface area contributed by atoms with Crippen LogP contribution in [0.3, 0.4) is 0 Å². The summed E-state index contributed by atoms with van der Waals surface area (Å²) < 4.78 is 13.1. The Bertz CT molecular complexity index is 746. The maximum absolute atomic E-state index is 13.1. The molecule has 24 heavy (non-hydrogen) atoms. The molecule has 2 saturated heterocycles. The third kappa shape index (κ3) is 2.71. The van der Waals surface area contributed by atoms with Crippen LogP contribution in [-0.4, -0.2) is 22.9 Å². The standard InChI is InChI=1S/C20H19ClFNO/c21-19-4-2-1-3-18(19)20(24)23-16-9-10-17(23)12-14(11-16)13-5-7-15(22)8-6-13/h1-8,14,16-17H,9-12H2/t14-,16+,17-. The van der Waals surface area contributed by atoms with E-state index in [4.69, 9.17) is 11.6 Å². The van der Waals surface area contributed by atoms with Crippen LogP contribution in [0, 0.1) is 5.82 Å². The summed E-state index contributed by atoms with van der Waals surface area (Å²) in [6, 6.07) is 14.6. The number of fused-ring (bicyclic) bond motifs is 2. The lowest BCUT2D eigenvalue weighted by Crippen LogP contribution is -2.46. The van der Waals surface area contributed by atoms with Crippen molar-refractivity contribution in [3.05, 3.63) is 70.5 Å². The second-order valence-electron chi connectivity index (χ2n) is 6.80. The molecule has 2 aliphatic rings. The molecule has 0 N–H and O–H groups in total. The van der Waals surface area contributed by atoms with Crippen molar-refractivity contribution in [1.29, 1.82) is 0 Å². The Morgan fingerprint density at radius 3 is 2.25 bits per heavy atom. The molecule has 2 aromatic rings. The van der Waals surface area contributed by atoms with Gasteiger partial charge in [0.15, 0.2) is 0 Å². The second kappa shape index (κ2) is 6.21. The van der Waals surface area contributed by atoms with Crippen molar-refractivity contribution in [1.82, 2.24) is 4.90 Å². The van der Waals surface area contributed by atoms with Crippen molar-refractivity contribution in [2.75, 3.05) is 0 Å². The molecule has 0 spiro atoms. The Kier molecular flexibility index (Phi) is 4.05. The molecule has 2 aliphatic heterocycles. The van der Waals surface area contributed by atoms with E-state index in [-0.39, 0.29) is 23.8 Å². The first-order chi connectivity index (χ1) is 11.6. The Morgan fingerprint density at radius 2 is 1.62 bits per heavy atom. The van der Waals surface area contributed by atoms with E-state index in [2.05, 4.69) is 0 Å². The Balaban J connectivity index is 1.56. The van der Waals surface area contributed by atoms with Gasteiger partial charge in [0, 0.05) is 12.1 Å². The third-order valence-electron chi connectivity index (χ3n) is 5.41. The van der Waals surface area contributed by atoms with E-state index in [9.17, 15) is 9.18 Å². The number of halogens is 2. The fraction of sp³-hybridized carbons (Fsp3) is 0.350. The van der Waals surface area contributed by atoms with E-state index >= 15 is 0 Å². The number of hydrogen-bond acceptors (Lipinski definition) is 1. The predicted octanol–water partition coefficient (Wildman–Crippen LogP) is 5.03. The molecule has 4 heteroatoms. The molecule has 2 fully saturated rings. The highest BCUT2D eigenvalue weighted by Gasteiger charge is 2.43. The van der Waals surface area contributed by atoms with E-state index in [1.165, 1.54) is 17.7 Å². The average Bonchev–Trinajstić information content (AvgIpc) is 2.85. The molecule has 2 heterocycles. The van der Waals surface area contributed by atoms with Crippen LogP contribution in [0.25, 0.3) is 0 Å². The number of rotatable bonds is 2. The van der Waals surface area contributed by atoms with Crippen molar-refractivity contribution < 1.29 is 9.18 Å². The summed E-state index contributed by atoms with van der Waals surface area (Å²) in [5.41, 5.74) is 1.77. The summed E-state index contributed by atoms with van der Waals surface area (Å²) in [6.45, 7) is 0. The van der Waals surface area contributed by atoms with E-state index < -0.39 is 0 Å². The van der Waals surface area contributed by atoms with Crippen molar-refractivity contribution in [2.24, 2.45) is 0 Å². The fourth-order valence-electron chi connectivity index (χ4n) is 4.29. The van der Waals surface area contributed by atoms with Gasteiger partial charge >= 0.3 is 0 Å². The Morgan fingerprint density at radius 1 is 1.00 bits per heavy atom. The van der Waals surface area contributed by atoms with E-state index in [1.807, 2.05) is 29.2 Å². The predicted molar refractivity (Wildman–Crippen MR) is 92.8 cm³/mol. The number of nitrogens with zero attached hydrogens (tertiary/aromatic N) is 1. The summed E-state index contributed by atoms with van der Waals surface area (Å²) in [4.78, 5) is 15.0. The molecular weight excluding hydrogens is 325 g/mol. The van der Waals surface area contributed by atoms with Crippen LogP contribution in [0.15, 0.2) is 48.5 Å². The molecule has 0 unspecified atom stereocenters. The minimum absolute atomic E-state index is 0.0469. The number of piperidine rings is 1. The lowest BCUT2D eigenvalue weighted by atomic mass is 9.85. The van der Waals surface area contributed by atoms with E-state index in [0.29, 0.717) is 16.5 Å². The van der Waals surface area contributed by atoms with Crippen molar-refractivity contribution in [3.63, 3.8) is 0 Å². The maximum Gasteiger partial charge on any atom is 0.255 e. The second-order valence-corrected chi connectivity index (χ2v) is 7.20. The Labute approximate surface area is 146 Å². The smallest absolute Gasteiger partial charge is 0.255 e. The van der Waals surface area contributed by atoms with Crippen LogP contribution < -0.4 is 0 Å². The topological polar surface area (TPSA) is 20.3 Å². The van der Waals surface area contributed by atoms with Crippen molar-refractivity contribution in [2.45, 2.75) is 43.7 Å². The molecule has 1 amide bonds. The molecule has 2 nitrogen and oxygen atoms in total. The van der Waals surface area contributed by atoms with Gasteiger partial charge in [-0.15, -0.1) is 0 Å². The quantitative estimate of drug-likeness (QED) is 0.749. The van der Waals surface area contributed by atoms with Crippen molar-refractivity contribution >= 4 is 17.5 Å². The maximum atomic E-state index is 13.1. The number of hydrogen-bond donors (Lipinski definition) is 0.